The molecule has 126 valence electrons. The van der Waals surface area contributed by atoms with Crippen LogP contribution < -0.4 is 5.32 Å². The van der Waals surface area contributed by atoms with Crippen molar-refractivity contribution in [3.05, 3.63) is 52.5 Å². The number of thiazole rings is 1. The van der Waals surface area contributed by atoms with Crippen molar-refractivity contribution < 1.29 is 14.7 Å². The molecule has 0 unspecified atom stereocenters. The smallest absolute Gasteiger partial charge is 0.320 e. The van der Waals surface area contributed by atoms with Gasteiger partial charge in [0.05, 0.1) is 6.54 Å². The first-order chi connectivity index (χ1) is 11.6. The molecule has 24 heavy (non-hydrogen) atoms. The fourth-order valence-electron chi connectivity index (χ4n) is 3.00. The maximum Gasteiger partial charge on any atom is 0.320 e. The molecule has 0 aliphatic carbocycles. The van der Waals surface area contributed by atoms with E-state index >= 15 is 0 Å². The van der Waals surface area contributed by atoms with Gasteiger partial charge in [-0.25, -0.2) is 4.98 Å². The fraction of sp³-hybridized carbons (Fsp3) is 0.353. The highest BCUT2D eigenvalue weighted by Crippen LogP contribution is 2.24. The number of carbonyl (C=O) groups is 2. The Morgan fingerprint density at radius 3 is 2.83 bits per heavy atom. The number of nitrogens with zero attached hydrogens (tertiary/aromatic N) is 2. The lowest BCUT2D eigenvalue weighted by Crippen LogP contribution is -2.43. The van der Waals surface area contributed by atoms with Crippen LogP contribution in [0.25, 0.3) is 0 Å². The van der Waals surface area contributed by atoms with Crippen LogP contribution in [0.5, 0.6) is 0 Å². The molecule has 1 aromatic heterocycles. The number of amides is 1. The van der Waals surface area contributed by atoms with Crippen molar-refractivity contribution in [2.75, 3.05) is 13.1 Å². The van der Waals surface area contributed by atoms with Crippen LogP contribution in [-0.4, -0.2) is 46.0 Å². The molecular formula is C17H19N3O3S. The van der Waals surface area contributed by atoms with Crippen molar-refractivity contribution in [3.63, 3.8) is 0 Å². The standard InChI is InChI=1S/C17H19N3O3S/c21-14(11-20-9-4-7-13(20)17(22)23)19-15(16-18-8-10-24-16)12-5-2-1-3-6-12/h1-3,5-6,8,10,13,15H,4,7,9,11H2,(H,19,21)(H,22,23)/t13-,15+/m1/s1. The SMILES string of the molecule is O=C(CN1CCC[C@@H]1C(=O)O)N[C@@H](c1ccccc1)c1nccs1. The first kappa shape index (κ1) is 16.6. The van der Waals surface area contributed by atoms with E-state index in [0.29, 0.717) is 13.0 Å². The molecular weight excluding hydrogens is 326 g/mol. The van der Waals surface area contributed by atoms with Gasteiger partial charge >= 0.3 is 5.97 Å². The zero-order valence-electron chi connectivity index (χ0n) is 13.1. The number of nitrogens with one attached hydrogen (secondary N) is 1. The predicted octanol–water partition coefficient (Wildman–Crippen LogP) is 1.90. The summed E-state index contributed by atoms with van der Waals surface area (Å²) in [7, 11) is 0. The minimum absolute atomic E-state index is 0.0890. The van der Waals surface area contributed by atoms with E-state index in [0.717, 1.165) is 17.0 Å². The monoisotopic (exact) mass is 345 g/mol. The molecule has 0 saturated carbocycles. The summed E-state index contributed by atoms with van der Waals surface area (Å²) >= 11 is 1.48. The summed E-state index contributed by atoms with van der Waals surface area (Å²) in [6, 6.07) is 8.78. The van der Waals surface area contributed by atoms with Gasteiger partial charge in [-0.05, 0) is 24.9 Å². The fourth-order valence-corrected chi connectivity index (χ4v) is 3.71. The van der Waals surface area contributed by atoms with Gasteiger partial charge < -0.3 is 10.4 Å². The second-order valence-corrected chi connectivity index (χ2v) is 6.67. The van der Waals surface area contributed by atoms with Gasteiger partial charge in [-0.3, -0.25) is 14.5 Å². The Balaban J connectivity index is 1.71. The maximum absolute atomic E-state index is 12.5. The van der Waals surface area contributed by atoms with E-state index < -0.39 is 12.0 Å². The lowest BCUT2D eigenvalue weighted by Gasteiger charge is -2.23. The lowest BCUT2D eigenvalue weighted by molar-refractivity contribution is -0.142. The van der Waals surface area contributed by atoms with Crippen LogP contribution in [0.3, 0.4) is 0 Å². The summed E-state index contributed by atoms with van der Waals surface area (Å²) in [4.78, 5) is 29.8. The van der Waals surface area contributed by atoms with Crippen molar-refractivity contribution in [1.29, 1.82) is 0 Å². The van der Waals surface area contributed by atoms with Gasteiger partial charge in [0.2, 0.25) is 5.91 Å². The maximum atomic E-state index is 12.5. The third-order valence-corrected chi connectivity index (χ3v) is 4.97. The van der Waals surface area contributed by atoms with Crippen molar-refractivity contribution in [1.82, 2.24) is 15.2 Å². The minimum Gasteiger partial charge on any atom is -0.480 e. The van der Waals surface area contributed by atoms with Crippen molar-refractivity contribution in [3.8, 4) is 0 Å². The number of carboxylic acid groups (broad SMARTS) is 1. The predicted molar refractivity (Wildman–Crippen MR) is 90.8 cm³/mol. The molecule has 3 rings (SSSR count). The molecule has 2 aromatic rings. The zero-order chi connectivity index (χ0) is 16.9. The van der Waals surface area contributed by atoms with Crippen molar-refractivity contribution in [2.45, 2.75) is 24.9 Å². The molecule has 2 atom stereocenters. The zero-order valence-corrected chi connectivity index (χ0v) is 13.9. The first-order valence-corrected chi connectivity index (χ1v) is 8.73. The third-order valence-electron chi connectivity index (χ3n) is 4.13. The Morgan fingerprint density at radius 1 is 1.38 bits per heavy atom. The quantitative estimate of drug-likeness (QED) is 0.835. The van der Waals surface area contributed by atoms with E-state index in [9.17, 15) is 14.7 Å². The molecule has 1 aliphatic heterocycles. The summed E-state index contributed by atoms with van der Waals surface area (Å²) in [6.07, 6.45) is 3.11. The Kier molecular flexibility index (Phi) is 5.22. The van der Waals surface area contributed by atoms with Gasteiger partial charge in [0.25, 0.3) is 0 Å². The van der Waals surface area contributed by atoms with Gasteiger partial charge in [-0.1, -0.05) is 30.3 Å². The van der Waals surface area contributed by atoms with Crippen LogP contribution >= 0.6 is 11.3 Å². The van der Waals surface area contributed by atoms with E-state index in [-0.39, 0.29) is 18.5 Å². The highest BCUT2D eigenvalue weighted by Gasteiger charge is 2.32. The minimum atomic E-state index is -0.861. The molecule has 0 radical (unpaired) electrons. The van der Waals surface area contributed by atoms with E-state index in [1.165, 1.54) is 11.3 Å². The molecule has 6 nitrogen and oxygen atoms in total. The van der Waals surface area contributed by atoms with Gasteiger partial charge in [0.15, 0.2) is 0 Å². The Bertz CT molecular complexity index is 690. The van der Waals surface area contributed by atoms with Gasteiger partial charge in [-0.2, -0.15) is 0 Å². The number of benzene rings is 1. The molecule has 1 saturated heterocycles. The van der Waals surface area contributed by atoms with Crippen LogP contribution in [0, 0.1) is 0 Å². The highest BCUT2D eigenvalue weighted by molar-refractivity contribution is 7.09. The van der Waals surface area contributed by atoms with E-state index in [1.807, 2.05) is 35.7 Å². The van der Waals surface area contributed by atoms with Crippen molar-refractivity contribution >= 4 is 23.2 Å². The third kappa shape index (κ3) is 3.80. The molecule has 0 bridgehead atoms. The molecule has 7 heteroatoms. The van der Waals surface area contributed by atoms with E-state index in [2.05, 4.69) is 10.3 Å². The number of aliphatic carboxylic acids is 1. The van der Waals surface area contributed by atoms with Crippen molar-refractivity contribution in [2.24, 2.45) is 0 Å². The molecule has 1 amide bonds. The van der Waals surface area contributed by atoms with Crippen LogP contribution in [0.4, 0.5) is 0 Å². The number of aromatic nitrogens is 1. The Labute approximate surface area is 144 Å². The molecule has 2 N–H and O–H groups in total. The van der Waals surface area contributed by atoms with E-state index in [1.54, 1.807) is 11.1 Å². The van der Waals surface area contributed by atoms with E-state index in [4.69, 9.17) is 0 Å². The van der Waals surface area contributed by atoms with Gasteiger partial charge in [0.1, 0.15) is 17.1 Å². The Hall–Kier alpha value is -2.25. The van der Waals surface area contributed by atoms with Crippen LogP contribution in [0.2, 0.25) is 0 Å². The largest absolute Gasteiger partial charge is 0.480 e. The normalized spacial score (nSPS) is 19.1. The molecule has 1 aliphatic rings. The number of hydrogen-bond donors (Lipinski definition) is 2. The summed E-state index contributed by atoms with van der Waals surface area (Å²) < 4.78 is 0. The van der Waals surface area contributed by atoms with Crippen LogP contribution in [0.15, 0.2) is 41.9 Å². The van der Waals surface area contributed by atoms with Gasteiger partial charge in [-0.15, -0.1) is 11.3 Å². The lowest BCUT2D eigenvalue weighted by atomic mass is 10.1. The molecule has 0 spiro atoms. The summed E-state index contributed by atoms with van der Waals surface area (Å²) in [5, 5.41) is 14.9. The summed E-state index contributed by atoms with van der Waals surface area (Å²) in [5.74, 6) is -1.05. The second-order valence-electron chi connectivity index (χ2n) is 5.75. The summed E-state index contributed by atoms with van der Waals surface area (Å²) in [5.41, 5.74) is 0.956. The topological polar surface area (TPSA) is 82.5 Å². The average Bonchev–Trinajstić information content (AvgIpc) is 3.25. The number of carboxylic acids is 1. The van der Waals surface area contributed by atoms with Crippen LogP contribution in [0.1, 0.15) is 29.5 Å². The second kappa shape index (κ2) is 7.55. The molecule has 1 fully saturated rings. The Morgan fingerprint density at radius 2 is 2.17 bits per heavy atom. The number of carbonyl (C=O) groups excluding carboxylic acids is 1. The van der Waals surface area contributed by atoms with Gasteiger partial charge in [0, 0.05) is 11.6 Å². The molecule has 1 aromatic carbocycles. The first-order valence-electron chi connectivity index (χ1n) is 7.85. The average molecular weight is 345 g/mol. The number of hydrogen-bond acceptors (Lipinski definition) is 5. The summed E-state index contributed by atoms with van der Waals surface area (Å²) in [6.45, 7) is 0.726. The number of rotatable bonds is 6. The molecule has 2 heterocycles. The highest BCUT2D eigenvalue weighted by atomic mass is 32.1. The van der Waals surface area contributed by atoms with Crippen LogP contribution in [-0.2, 0) is 9.59 Å². The number of likely N-dealkylation sites (tertiary alicyclic amines) is 1.